The van der Waals surface area contributed by atoms with Crippen molar-refractivity contribution in [1.29, 1.82) is 0 Å². The number of esters is 2. The van der Waals surface area contributed by atoms with Crippen LogP contribution in [-0.4, -0.2) is 41.8 Å². The molecule has 0 fully saturated rings. The normalized spacial score (nSPS) is 24.8. The molecule has 1 aromatic rings. The zero-order valence-electron chi connectivity index (χ0n) is 13.9. The van der Waals surface area contributed by atoms with Gasteiger partial charge in [-0.15, -0.1) is 0 Å². The lowest BCUT2D eigenvalue weighted by Crippen LogP contribution is -2.51. The minimum atomic E-state index is -1.20. The van der Waals surface area contributed by atoms with Gasteiger partial charge in [-0.3, -0.25) is 19.2 Å². The van der Waals surface area contributed by atoms with Crippen LogP contribution < -0.4 is 0 Å². The van der Waals surface area contributed by atoms with E-state index in [2.05, 4.69) is 0 Å². The van der Waals surface area contributed by atoms with E-state index in [0.717, 1.165) is 0 Å². The molecule has 7 nitrogen and oxygen atoms in total. The second-order valence-corrected chi connectivity index (χ2v) is 5.87. The molecule has 1 heterocycles. The minimum absolute atomic E-state index is 0.0942. The van der Waals surface area contributed by atoms with Gasteiger partial charge in [-0.25, -0.2) is 0 Å². The number of ether oxygens (including phenoxy) is 3. The number of carbonyl (C=O) groups is 4. The first-order chi connectivity index (χ1) is 11.8. The molecule has 1 aliphatic carbocycles. The molecule has 0 N–H and O–H groups in total. The first-order valence-corrected chi connectivity index (χ1v) is 7.75. The highest BCUT2D eigenvalue weighted by atomic mass is 16.6. The minimum Gasteiger partial charge on any atom is -0.482 e. The highest BCUT2D eigenvalue weighted by Crippen LogP contribution is 2.37. The molecule has 0 aromatic heterocycles. The smallest absolute Gasteiger partial charge is 0.303 e. The molecule has 1 aromatic carbocycles. The number of Topliss-reactive ketones (excluding diaryl/α,β-unsaturated/α-hetero) is 2. The van der Waals surface area contributed by atoms with E-state index in [9.17, 15) is 19.2 Å². The molecule has 2 aliphatic rings. The van der Waals surface area contributed by atoms with E-state index in [1.807, 2.05) is 0 Å². The Labute approximate surface area is 143 Å². The van der Waals surface area contributed by atoms with Gasteiger partial charge in [0.05, 0.1) is 5.57 Å². The van der Waals surface area contributed by atoms with E-state index in [1.165, 1.54) is 26.0 Å². The number of hydrogen-bond donors (Lipinski definition) is 0. The van der Waals surface area contributed by atoms with E-state index >= 15 is 0 Å². The fourth-order valence-electron chi connectivity index (χ4n) is 3.06. The van der Waals surface area contributed by atoms with Crippen molar-refractivity contribution >= 4 is 23.5 Å². The van der Waals surface area contributed by atoms with Crippen molar-refractivity contribution in [1.82, 2.24) is 0 Å². The lowest BCUT2D eigenvalue weighted by Gasteiger charge is -2.38. The molecule has 0 bridgehead atoms. The molecule has 0 spiro atoms. The second kappa shape index (κ2) is 6.16. The number of allylic oxidation sites excluding steroid dienone is 1. The Kier molecular flexibility index (Phi) is 4.16. The topological polar surface area (TPSA) is 96.0 Å². The van der Waals surface area contributed by atoms with E-state index < -0.39 is 41.8 Å². The summed E-state index contributed by atoms with van der Waals surface area (Å²) in [6.07, 6.45) is -3.00. The van der Waals surface area contributed by atoms with Crippen molar-refractivity contribution in [3.05, 3.63) is 46.7 Å². The molecule has 0 amide bonds. The third-order valence-corrected chi connectivity index (χ3v) is 4.06. The van der Waals surface area contributed by atoms with Gasteiger partial charge < -0.3 is 14.2 Å². The summed E-state index contributed by atoms with van der Waals surface area (Å²) in [5.74, 6) is -2.39. The molecular formula is C18H16O7. The van der Waals surface area contributed by atoms with Crippen LogP contribution in [-0.2, 0) is 23.8 Å². The lowest BCUT2D eigenvalue weighted by molar-refractivity contribution is -0.174. The third-order valence-electron chi connectivity index (χ3n) is 4.06. The zero-order chi connectivity index (χ0) is 18.3. The van der Waals surface area contributed by atoms with Crippen LogP contribution in [0.4, 0.5) is 0 Å². The van der Waals surface area contributed by atoms with Gasteiger partial charge in [0.15, 0.2) is 23.8 Å². The van der Waals surface area contributed by atoms with E-state index in [0.29, 0.717) is 0 Å². The summed E-state index contributed by atoms with van der Waals surface area (Å²) in [5.41, 5.74) is 0.331. The average Bonchev–Trinajstić information content (AvgIpc) is 2.55. The van der Waals surface area contributed by atoms with Gasteiger partial charge in [0.1, 0.15) is 6.10 Å². The average molecular weight is 344 g/mol. The molecule has 0 saturated carbocycles. The van der Waals surface area contributed by atoms with Crippen molar-refractivity contribution in [2.75, 3.05) is 0 Å². The second-order valence-electron chi connectivity index (χ2n) is 5.87. The maximum atomic E-state index is 12.9. The monoisotopic (exact) mass is 344 g/mol. The lowest BCUT2D eigenvalue weighted by atomic mass is 9.82. The number of ketones is 2. The van der Waals surface area contributed by atoms with Gasteiger partial charge in [0, 0.05) is 25.0 Å². The van der Waals surface area contributed by atoms with Crippen LogP contribution in [0.5, 0.6) is 0 Å². The van der Waals surface area contributed by atoms with Crippen LogP contribution in [0.1, 0.15) is 41.5 Å². The summed E-state index contributed by atoms with van der Waals surface area (Å²) in [4.78, 5) is 48.6. The molecule has 3 atom stereocenters. The van der Waals surface area contributed by atoms with Crippen molar-refractivity contribution < 1.29 is 33.4 Å². The molecule has 0 radical (unpaired) electrons. The van der Waals surface area contributed by atoms with Gasteiger partial charge in [-0.05, 0) is 6.92 Å². The molecule has 0 saturated heterocycles. The van der Waals surface area contributed by atoms with Crippen LogP contribution in [0.2, 0.25) is 0 Å². The van der Waals surface area contributed by atoms with Crippen molar-refractivity contribution in [3.8, 4) is 0 Å². The molecule has 0 unspecified atom stereocenters. The van der Waals surface area contributed by atoms with Crippen molar-refractivity contribution in [3.63, 3.8) is 0 Å². The zero-order valence-corrected chi connectivity index (χ0v) is 13.9. The molecule has 130 valence electrons. The SMILES string of the molecule is CC(=O)O[C@@H]1[C@@H](C)OC2=C(C(=O)c3ccccc3C2=O)[C@@H]1OC(C)=O. The Bertz CT molecular complexity index is 820. The summed E-state index contributed by atoms with van der Waals surface area (Å²) in [7, 11) is 0. The standard InChI is InChI=1S/C18H16O7/c1-8-16(24-9(2)19)18(25-10(3)20)13-14(21)11-6-4-5-7-12(11)15(22)17(13)23-8/h4-8,16,18H,1-3H3/t8-,16-,18+/m1/s1. The largest absolute Gasteiger partial charge is 0.482 e. The van der Waals surface area contributed by atoms with E-state index in [1.54, 1.807) is 19.1 Å². The van der Waals surface area contributed by atoms with Crippen molar-refractivity contribution in [2.24, 2.45) is 0 Å². The van der Waals surface area contributed by atoms with Gasteiger partial charge in [-0.2, -0.15) is 0 Å². The van der Waals surface area contributed by atoms with E-state index in [-0.39, 0.29) is 22.5 Å². The van der Waals surface area contributed by atoms with Gasteiger partial charge in [-0.1, -0.05) is 24.3 Å². The first-order valence-electron chi connectivity index (χ1n) is 7.75. The Balaban J connectivity index is 2.15. The van der Waals surface area contributed by atoms with Gasteiger partial charge in [0.25, 0.3) is 0 Å². The Hall–Kier alpha value is -2.96. The Morgan fingerprint density at radius 1 is 0.960 bits per heavy atom. The number of fused-ring (bicyclic) bond motifs is 1. The maximum absolute atomic E-state index is 12.9. The molecular weight excluding hydrogens is 328 g/mol. The Morgan fingerprint density at radius 3 is 2.08 bits per heavy atom. The third kappa shape index (κ3) is 2.82. The van der Waals surface area contributed by atoms with Crippen LogP contribution in [0.15, 0.2) is 35.6 Å². The predicted octanol–water partition coefficient (Wildman–Crippen LogP) is 1.60. The number of hydrogen-bond acceptors (Lipinski definition) is 7. The fourth-order valence-corrected chi connectivity index (χ4v) is 3.06. The molecule has 25 heavy (non-hydrogen) atoms. The van der Waals surface area contributed by atoms with Gasteiger partial charge in [0.2, 0.25) is 5.78 Å². The highest BCUT2D eigenvalue weighted by Gasteiger charge is 2.49. The number of rotatable bonds is 2. The molecule has 1 aliphatic heterocycles. The summed E-state index contributed by atoms with van der Waals surface area (Å²) in [6, 6.07) is 6.33. The summed E-state index contributed by atoms with van der Waals surface area (Å²) < 4.78 is 16.0. The van der Waals surface area contributed by atoms with Crippen LogP contribution in [0, 0.1) is 0 Å². The van der Waals surface area contributed by atoms with Crippen LogP contribution in [0.25, 0.3) is 0 Å². The van der Waals surface area contributed by atoms with Crippen molar-refractivity contribution in [2.45, 2.75) is 39.1 Å². The molecule has 3 rings (SSSR count). The Morgan fingerprint density at radius 2 is 1.52 bits per heavy atom. The maximum Gasteiger partial charge on any atom is 0.303 e. The van der Waals surface area contributed by atoms with Crippen LogP contribution >= 0.6 is 0 Å². The summed E-state index contributed by atoms with van der Waals surface area (Å²) >= 11 is 0. The quantitative estimate of drug-likeness (QED) is 0.752. The fraction of sp³-hybridized carbons (Fsp3) is 0.333. The summed E-state index contributed by atoms with van der Waals surface area (Å²) in [5, 5.41) is 0. The first kappa shape index (κ1) is 16.9. The van der Waals surface area contributed by atoms with Gasteiger partial charge >= 0.3 is 11.9 Å². The highest BCUT2D eigenvalue weighted by molar-refractivity contribution is 6.26. The predicted molar refractivity (Wildman–Crippen MR) is 83.8 cm³/mol. The number of benzene rings is 1. The van der Waals surface area contributed by atoms with E-state index in [4.69, 9.17) is 14.2 Å². The molecule has 7 heteroatoms. The number of carbonyl (C=O) groups excluding carboxylic acids is 4. The summed E-state index contributed by atoms with van der Waals surface area (Å²) in [6.45, 7) is 3.95. The van der Waals surface area contributed by atoms with Crippen LogP contribution in [0.3, 0.4) is 0 Å².